The third-order valence-electron chi connectivity index (χ3n) is 3.87. The van der Waals surface area contributed by atoms with Crippen LogP contribution in [0.25, 0.3) is 11.0 Å². The van der Waals surface area contributed by atoms with E-state index in [1.165, 1.54) is 36.8 Å². The Morgan fingerprint density at radius 3 is 2.47 bits per heavy atom. The fraction of sp³-hybridized carbons (Fsp3) is 0.562. The van der Waals surface area contributed by atoms with Crippen LogP contribution >= 0.6 is 0 Å². The lowest BCUT2D eigenvalue weighted by molar-refractivity contribution is 0.567. The maximum Gasteiger partial charge on any atom is 0.326 e. The lowest BCUT2D eigenvalue weighted by atomic mass is 10.1. The fourth-order valence-electron chi connectivity index (χ4n) is 2.51. The Bertz CT molecular complexity index is 607. The summed E-state index contributed by atoms with van der Waals surface area (Å²) < 4.78 is 1.88. The first-order valence-corrected chi connectivity index (χ1v) is 7.33. The molecule has 0 amide bonds. The number of aryl methyl sites for hydroxylation is 3. The highest BCUT2D eigenvalue weighted by Crippen LogP contribution is 2.17. The zero-order valence-electron chi connectivity index (χ0n) is 12.3. The molecule has 1 aromatic heterocycles. The Kier molecular flexibility index (Phi) is 4.46. The third-order valence-corrected chi connectivity index (χ3v) is 3.87. The summed E-state index contributed by atoms with van der Waals surface area (Å²) >= 11 is 0. The molecule has 1 N–H and O–H groups in total. The summed E-state index contributed by atoms with van der Waals surface area (Å²) in [7, 11) is 0. The second-order valence-corrected chi connectivity index (χ2v) is 5.45. The number of hydrogen-bond acceptors (Lipinski definition) is 1. The molecule has 19 heavy (non-hydrogen) atoms. The minimum absolute atomic E-state index is 0.0236. The fourth-order valence-corrected chi connectivity index (χ4v) is 2.51. The first-order valence-electron chi connectivity index (χ1n) is 7.33. The van der Waals surface area contributed by atoms with Crippen LogP contribution in [0.2, 0.25) is 0 Å². The minimum atomic E-state index is 0.0236. The number of rotatable bonds is 6. The number of benzene rings is 1. The first kappa shape index (κ1) is 13.9. The van der Waals surface area contributed by atoms with Crippen LogP contribution in [-0.2, 0) is 6.54 Å². The predicted octanol–water partition coefficient (Wildman–Crippen LogP) is 3.92. The Labute approximate surface area is 114 Å². The standard InChI is InChI=1S/C16H24N2O/c1-4-5-6-7-8-9-18-15-11-13(3)12(2)10-14(15)17-16(18)19/h10-11H,4-9H2,1-3H3,(H,17,19). The van der Waals surface area contributed by atoms with E-state index in [2.05, 4.69) is 37.9 Å². The molecule has 1 heterocycles. The summed E-state index contributed by atoms with van der Waals surface area (Å²) in [6.45, 7) is 7.22. The van der Waals surface area contributed by atoms with E-state index in [1.807, 2.05) is 4.57 Å². The van der Waals surface area contributed by atoms with Gasteiger partial charge in [0, 0.05) is 6.54 Å². The molecule has 0 saturated carbocycles. The molecule has 0 spiro atoms. The Morgan fingerprint density at radius 1 is 1.05 bits per heavy atom. The van der Waals surface area contributed by atoms with Crippen molar-refractivity contribution in [3.63, 3.8) is 0 Å². The molecule has 0 bridgehead atoms. The third kappa shape index (κ3) is 3.09. The van der Waals surface area contributed by atoms with Crippen LogP contribution in [-0.4, -0.2) is 9.55 Å². The van der Waals surface area contributed by atoms with Crippen molar-refractivity contribution in [1.29, 1.82) is 0 Å². The van der Waals surface area contributed by atoms with Gasteiger partial charge in [0.15, 0.2) is 0 Å². The minimum Gasteiger partial charge on any atom is -0.306 e. The van der Waals surface area contributed by atoms with Gasteiger partial charge >= 0.3 is 5.69 Å². The highest BCUT2D eigenvalue weighted by atomic mass is 16.1. The second kappa shape index (κ2) is 6.09. The van der Waals surface area contributed by atoms with Crippen LogP contribution < -0.4 is 5.69 Å². The molecule has 0 unspecified atom stereocenters. The monoisotopic (exact) mass is 260 g/mol. The van der Waals surface area contributed by atoms with Crippen molar-refractivity contribution in [2.45, 2.75) is 59.4 Å². The lowest BCUT2D eigenvalue weighted by Gasteiger charge is -2.05. The van der Waals surface area contributed by atoms with Gasteiger partial charge in [0.1, 0.15) is 0 Å². The van der Waals surface area contributed by atoms with Crippen molar-refractivity contribution in [3.05, 3.63) is 33.7 Å². The topological polar surface area (TPSA) is 37.8 Å². The average molecular weight is 260 g/mol. The number of H-pyrrole nitrogens is 1. The van der Waals surface area contributed by atoms with Crippen molar-refractivity contribution < 1.29 is 0 Å². The number of unbranched alkanes of at least 4 members (excludes halogenated alkanes) is 4. The lowest BCUT2D eigenvalue weighted by Crippen LogP contribution is -2.16. The molecule has 0 aliphatic carbocycles. The summed E-state index contributed by atoms with van der Waals surface area (Å²) in [4.78, 5) is 14.9. The largest absolute Gasteiger partial charge is 0.326 e. The van der Waals surface area contributed by atoms with E-state index >= 15 is 0 Å². The summed E-state index contributed by atoms with van der Waals surface area (Å²) in [6.07, 6.45) is 6.11. The number of hydrogen-bond donors (Lipinski definition) is 1. The van der Waals surface area contributed by atoms with Gasteiger partial charge in [-0.3, -0.25) is 4.57 Å². The molecule has 0 atom stereocenters. The van der Waals surface area contributed by atoms with Gasteiger partial charge in [0.25, 0.3) is 0 Å². The molecule has 0 saturated heterocycles. The summed E-state index contributed by atoms with van der Waals surface area (Å²) in [5.41, 5.74) is 4.50. The average Bonchev–Trinajstić information content (AvgIpc) is 2.66. The molecule has 104 valence electrons. The van der Waals surface area contributed by atoms with Crippen molar-refractivity contribution >= 4 is 11.0 Å². The van der Waals surface area contributed by atoms with Crippen LogP contribution in [0.15, 0.2) is 16.9 Å². The second-order valence-electron chi connectivity index (χ2n) is 5.45. The molecule has 0 aliphatic heterocycles. The zero-order chi connectivity index (χ0) is 13.8. The number of imidazole rings is 1. The molecule has 2 aromatic rings. The van der Waals surface area contributed by atoms with Gasteiger partial charge < -0.3 is 4.98 Å². The van der Waals surface area contributed by atoms with E-state index in [-0.39, 0.29) is 5.69 Å². The summed E-state index contributed by atoms with van der Waals surface area (Å²) in [5.74, 6) is 0. The van der Waals surface area contributed by atoms with Crippen molar-refractivity contribution in [2.24, 2.45) is 0 Å². The molecule has 2 rings (SSSR count). The van der Waals surface area contributed by atoms with Crippen LogP contribution in [0, 0.1) is 13.8 Å². The van der Waals surface area contributed by atoms with Gasteiger partial charge in [-0.2, -0.15) is 0 Å². The number of aromatic nitrogens is 2. The first-order chi connectivity index (χ1) is 9.13. The van der Waals surface area contributed by atoms with Gasteiger partial charge in [-0.1, -0.05) is 32.6 Å². The number of fused-ring (bicyclic) bond motifs is 1. The van der Waals surface area contributed by atoms with E-state index in [1.54, 1.807) is 0 Å². The van der Waals surface area contributed by atoms with E-state index in [0.29, 0.717) is 0 Å². The molecule has 1 aromatic carbocycles. The van der Waals surface area contributed by atoms with Gasteiger partial charge in [-0.05, 0) is 43.5 Å². The molecule has 3 heteroatoms. The molecular formula is C16H24N2O. The van der Waals surface area contributed by atoms with Crippen LogP contribution in [0.4, 0.5) is 0 Å². The van der Waals surface area contributed by atoms with E-state index in [4.69, 9.17) is 0 Å². The number of nitrogens with one attached hydrogen (secondary N) is 1. The highest BCUT2D eigenvalue weighted by molar-refractivity contribution is 5.77. The van der Waals surface area contributed by atoms with Crippen LogP contribution in [0.5, 0.6) is 0 Å². The van der Waals surface area contributed by atoms with Gasteiger partial charge in [0.05, 0.1) is 11.0 Å². The van der Waals surface area contributed by atoms with Crippen LogP contribution in [0.1, 0.15) is 50.2 Å². The normalized spacial score (nSPS) is 11.3. The van der Waals surface area contributed by atoms with E-state index < -0.39 is 0 Å². The van der Waals surface area contributed by atoms with E-state index in [0.717, 1.165) is 24.0 Å². The Hall–Kier alpha value is -1.51. The smallest absolute Gasteiger partial charge is 0.306 e. The van der Waals surface area contributed by atoms with E-state index in [9.17, 15) is 4.79 Å². The number of aromatic amines is 1. The van der Waals surface area contributed by atoms with Crippen molar-refractivity contribution in [2.75, 3.05) is 0 Å². The highest BCUT2D eigenvalue weighted by Gasteiger charge is 2.07. The maximum atomic E-state index is 12.0. The Balaban J connectivity index is 2.16. The molecule has 0 radical (unpaired) electrons. The predicted molar refractivity (Wildman–Crippen MR) is 80.8 cm³/mol. The molecule has 3 nitrogen and oxygen atoms in total. The van der Waals surface area contributed by atoms with Crippen molar-refractivity contribution in [1.82, 2.24) is 9.55 Å². The van der Waals surface area contributed by atoms with Gasteiger partial charge in [-0.15, -0.1) is 0 Å². The summed E-state index contributed by atoms with van der Waals surface area (Å²) in [6, 6.07) is 4.19. The van der Waals surface area contributed by atoms with Crippen molar-refractivity contribution in [3.8, 4) is 0 Å². The van der Waals surface area contributed by atoms with Gasteiger partial charge in [0.2, 0.25) is 0 Å². The van der Waals surface area contributed by atoms with Gasteiger partial charge in [-0.25, -0.2) is 4.79 Å². The SMILES string of the molecule is CCCCCCCn1c(=O)[nH]c2cc(C)c(C)cc21. The Morgan fingerprint density at radius 2 is 1.74 bits per heavy atom. The molecule has 0 aliphatic rings. The number of nitrogens with zero attached hydrogens (tertiary/aromatic N) is 1. The quantitative estimate of drug-likeness (QED) is 0.785. The molecular weight excluding hydrogens is 236 g/mol. The summed E-state index contributed by atoms with van der Waals surface area (Å²) in [5, 5.41) is 0. The maximum absolute atomic E-state index is 12.0. The molecule has 0 fully saturated rings. The zero-order valence-corrected chi connectivity index (χ0v) is 12.3. The van der Waals surface area contributed by atoms with Crippen LogP contribution in [0.3, 0.4) is 0 Å².